The van der Waals surface area contributed by atoms with Crippen LogP contribution in [0.25, 0.3) is 0 Å². The second-order valence-electron chi connectivity index (χ2n) is 16.3. The standard InChI is InChI=1S/C48H90N2O5/c1-4-7-10-13-18-25-33-46(34-26-19-14-11-8-5-2)55-48(52)36-28-21-17-23-30-38-49(39-32-40-50-41-44-53-45-42-50)37-29-22-16-20-27-35-47(51)54-43-31-24-15-12-9-6-3/h46H,4-11,13-14,16-45H2,1-3H3. The molecule has 1 fully saturated rings. The number of ether oxygens (including phenoxy) is 3. The third-order valence-corrected chi connectivity index (χ3v) is 11.0. The quantitative estimate of drug-likeness (QED) is 0.0350. The zero-order chi connectivity index (χ0) is 39.7. The molecule has 7 nitrogen and oxygen atoms in total. The number of rotatable bonds is 39. The first kappa shape index (κ1) is 51.4. The van der Waals surface area contributed by atoms with Gasteiger partial charge in [-0.2, -0.15) is 0 Å². The molecule has 55 heavy (non-hydrogen) atoms. The fourth-order valence-corrected chi connectivity index (χ4v) is 7.48. The second kappa shape index (κ2) is 40.6. The fraction of sp³-hybridized carbons (Fsp3) is 0.917. The van der Waals surface area contributed by atoms with Gasteiger partial charge < -0.3 is 19.1 Å². The van der Waals surface area contributed by atoms with Crippen LogP contribution in [0, 0.1) is 11.8 Å². The van der Waals surface area contributed by atoms with E-state index in [2.05, 4.69) is 42.4 Å². The van der Waals surface area contributed by atoms with Crippen LogP contribution in [-0.4, -0.2) is 86.9 Å². The van der Waals surface area contributed by atoms with Gasteiger partial charge in [-0.05, 0) is 96.8 Å². The maximum atomic E-state index is 12.8. The second-order valence-corrected chi connectivity index (χ2v) is 16.3. The van der Waals surface area contributed by atoms with Gasteiger partial charge in [0.15, 0.2) is 0 Å². The van der Waals surface area contributed by atoms with Crippen LogP contribution in [0.3, 0.4) is 0 Å². The van der Waals surface area contributed by atoms with Gasteiger partial charge in [-0.25, -0.2) is 0 Å². The van der Waals surface area contributed by atoms with Crippen LogP contribution in [-0.2, 0) is 23.8 Å². The summed E-state index contributed by atoms with van der Waals surface area (Å²) >= 11 is 0. The molecule has 1 saturated heterocycles. The third kappa shape index (κ3) is 35.3. The van der Waals surface area contributed by atoms with Crippen molar-refractivity contribution in [2.45, 2.75) is 226 Å². The third-order valence-electron chi connectivity index (χ3n) is 11.0. The number of hydrogen-bond acceptors (Lipinski definition) is 7. The molecule has 0 saturated carbocycles. The minimum atomic E-state index is -0.0564. The van der Waals surface area contributed by atoms with Crippen molar-refractivity contribution in [1.82, 2.24) is 9.80 Å². The van der Waals surface area contributed by atoms with Crippen molar-refractivity contribution in [1.29, 1.82) is 0 Å². The van der Waals surface area contributed by atoms with Crippen molar-refractivity contribution in [2.24, 2.45) is 0 Å². The van der Waals surface area contributed by atoms with Gasteiger partial charge >= 0.3 is 11.9 Å². The molecule has 0 atom stereocenters. The summed E-state index contributed by atoms with van der Waals surface area (Å²) in [6.45, 7) is 15.7. The maximum absolute atomic E-state index is 12.8. The van der Waals surface area contributed by atoms with Crippen molar-refractivity contribution in [2.75, 3.05) is 59.1 Å². The summed E-state index contributed by atoms with van der Waals surface area (Å²) in [5.41, 5.74) is 0. The van der Waals surface area contributed by atoms with Crippen molar-refractivity contribution in [3.8, 4) is 11.8 Å². The maximum Gasteiger partial charge on any atom is 0.306 e. The van der Waals surface area contributed by atoms with Gasteiger partial charge in [-0.1, -0.05) is 124 Å². The number of unbranched alkanes of at least 4 members (excludes halogenated alkanes) is 20. The summed E-state index contributed by atoms with van der Waals surface area (Å²) in [7, 11) is 0. The van der Waals surface area contributed by atoms with Gasteiger partial charge in [0.25, 0.3) is 0 Å². The van der Waals surface area contributed by atoms with E-state index in [4.69, 9.17) is 14.2 Å². The minimum Gasteiger partial charge on any atom is -0.466 e. The van der Waals surface area contributed by atoms with Crippen LogP contribution in [0.5, 0.6) is 0 Å². The summed E-state index contributed by atoms with van der Waals surface area (Å²) in [6, 6.07) is 0. The Labute approximate surface area is 341 Å². The SMILES string of the molecule is CCCC#CCCCOC(=O)CCCCCCCN(CCCCCCCC(=O)OC(CCCCCCCC)CCCCCCCC)CCCN1CCOCC1. The van der Waals surface area contributed by atoms with E-state index in [-0.39, 0.29) is 18.0 Å². The number of carbonyl (C=O) groups excluding carboxylic acids is 2. The molecule has 0 aromatic heterocycles. The first-order valence-corrected chi connectivity index (χ1v) is 23.9. The van der Waals surface area contributed by atoms with Crippen LogP contribution < -0.4 is 0 Å². The normalized spacial score (nSPS) is 13.3. The number of carbonyl (C=O) groups is 2. The van der Waals surface area contributed by atoms with Gasteiger partial charge in [-0.3, -0.25) is 14.5 Å². The molecule has 0 amide bonds. The lowest BCUT2D eigenvalue weighted by atomic mass is 10.0. The van der Waals surface area contributed by atoms with Crippen LogP contribution in [0.2, 0.25) is 0 Å². The Morgan fingerprint density at radius 1 is 0.564 bits per heavy atom. The smallest absolute Gasteiger partial charge is 0.306 e. The van der Waals surface area contributed by atoms with Gasteiger partial charge in [0.1, 0.15) is 6.10 Å². The van der Waals surface area contributed by atoms with Crippen LogP contribution in [0.1, 0.15) is 220 Å². The molecular formula is C48H90N2O5. The molecule has 322 valence electrons. The van der Waals surface area contributed by atoms with Crippen LogP contribution in [0.15, 0.2) is 0 Å². The molecule has 0 aliphatic carbocycles. The Balaban J connectivity index is 2.28. The fourth-order valence-electron chi connectivity index (χ4n) is 7.48. The molecule has 0 aromatic rings. The van der Waals surface area contributed by atoms with E-state index in [1.807, 2.05) is 0 Å². The van der Waals surface area contributed by atoms with E-state index in [0.717, 1.165) is 110 Å². The van der Waals surface area contributed by atoms with Crippen molar-refractivity contribution < 1.29 is 23.8 Å². The number of hydrogen-bond donors (Lipinski definition) is 0. The van der Waals surface area contributed by atoms with Gasteiger partial charge in [0.2, 0.25) is 0 Å². The van der Waals surface area contributed by atoms with Crippen molar-refractivity contribution in [3.05, 3.63) is 0 Å². The Hall–Kier alpha value is -1.62. The highest BCUT2D eigenvalue weighted by atomic mass is 16.5. The predicted octanol–water partition coefficient (Wildman–Crippen LogP) is 12.2. The molecule has 1 rings (SSSR count). The molecule has 1 aliphatic heterocycles. The number of morpholine rings is 1. The highest BCUT2D eigenvalue weighted by Gasteiger charge is 2.15. The van der Waals surface area contributed by atoms with E-state index in [1.54, 1.807) is 0 Å². The van der Waals surface area contributed by atoms with Crippen LogP contribution >= 0.6 is 0 Å². The highest BCUT2D eigenvalue weighted by Crippen LogP contribution is 2.18. The first-order valence-electron chi connectivity index (χ1n) is 23.9. The lowest BCUT2D eigenvalue weighted by molar-refractivity contribution is -0.150. The zero-order valence-electron chi connectivity index (χ0n) is 36.8. The van der Waals surface area contributed by atoms with Gasteiger partial charge in [0.05, 0.1) is 19.8 Å². The summed E-state index contributed by atoms with van der Waals surface area (Å²) in [5, 5.41) is 0. The molecule has 0 N–H and O–H groups in total. The lowest BCUT2D eigenvalue weighted by Crippen LogP contribution is -2.38. The monoisotopic (exact) mass is 775 g/mol. The van der Waals surface area contributed by atoms with Crippen molar-refractivity contribution in [3.63, 3.8) is 0 Å². The van der Waals surface area contributed by atoms with E-state index < -0.39 is 0 Å². The minimum absolute atomic E-state index is 0.0348. The lowest BCUT2D eigenvalue weighted by Gasteiger charge is -2.28. The Morgan fingerprint density at radius 3 is 1.64 bits per heavy atom. The molecule has 0 radical (unpaired) electrons. The summed E-state index contributed by atoms with van der Waals surface area (Å²) in [4.78, 5) is 30.1. The van der Waals surface area contributed by atoms with E-state index in [1.165, 1.54) is 129 Å². The Kier molecular flexibility index (Phi) is 37.9. The average Bonchev–Trinajstić information content (AvgIpc) is 3.19. The predicted molar refractivity (Wildman–Crippen MR) is 232 cm³/mol. The molecule has 1 heterocycles. The van der Waals surface area contributed by atoms with Crippen LogP contribution in [0.4, 0.5) is 0 Å². The highest BCUT2D eigenvalue weighted by molar-refractivity contribution is 5.69. The molecule has 0 aromatic carbocycles. The summed E-state index contributed by atoms with van der Waals surface area (Å²) in [5.74, 6) is 6.27. The van der Waals surface area contributed by atoms with E-state index >= 15 is 0 Å². The summed E-state index contributed by atoms with van der Waals surface area (Å²) < 4.78 is 17.0. The molecule has 0 unspecified atom stereocenters. The first-order chi connectivity index (χ1) is 27.1. The van der Waals surface area contributed by atoms with E-state index in [9.17, 15) is 9.59 Å². The number of nitrogens with zero attached hydrogens (tertiary/aromatic N) is 2. The molecule has 0 bridgehead atoms. The van der Waals surface area contributed by atoms with E-state index in [0.29, 0.717) is 19.4 Å². The summed E-state index contributed by atoms with van der Waals surface area (Å²) in [6.07, 6.45) is 35.1. The largest absolute Gasteiger partial charge is 0.466 e. The molecule has 7 heteroatoms. The number of esters is 2. The Bertz CT molecular complexity index is 896. The van der Waals surface area contributed by atoms with Crippen molar-refractivity contribution >= 4 is 11.9 Å². The zero-order valence-corrected chi connectivity index (χ0v) is 36.8. The topological polar surface area (TPSA) is 68.3 Å². The van der Waals surface area contributed by atoms with Gasteiger partial charge in [0, 0.05) is 38.8 Å². The Morgan fingerprint density at radius 2 is 1.05 bits per heavy atom. The average molecular weight is 775 g/mol. The molecule has 1 aliphatic rings. The van der Waals surface area contributed by atoms with Gasteiger partial charge in [-0.15, -0.1) is 11.8 Å². The molecule has 0 spiro atoms. The molecular weight excluding hydrogens is 685 g/mol.